The van der Waals surface area contributed by atoms with Gasteiger partial charge in [0.1, 0.15) is 0 Å². The number of nitrogens with zero attached hydrogens (tertiary/aromatic N) is 3. The Bertz CT molecular complexity index is 650. The SMILES string of the molecule is CC(=O)Nc1ccn([C@@H]2CCN(C(=O)c3ccsc3)C2)n1. The molecular weight excluding hydrogens is 288 g/mol. The molecule has 0 saturated carbocycles. The molecule has 1 atom stereocenters. The number of carbonyl (C=O) groups excluding carboxylic acids is 2. The molecule has 0 spiro atoms. The van der Waals surface area contributed by atoms with E-state index >= 15 is 0 Å². The zero-order valence-corrected chi connectivity index (χ0v) is 12.5. The van der Waals surface area contributed by atoms with Gasteiger partial charge in [-0.2, -0.15) is 16.4 Å². The molecule has 1 aliphatic heterocycles. The summed E-state index contributed by atoms with van der Waals surface area (Å²) in [4.78, 5) is 25.1. The second-order valence-corrected chi connectivity index (χ2v) is 5.85. The predicted molar refractivity (Wildman–Crippen MR) is 80.4 cm³/mol. The van der Waals surface area contributed by atoms with Crippen molar-refractivity contribution in [2.45, 2.75) is 19.4 Å². The van der Waals surface area contributed by atoms with Crippen LogP contribution in [0.25, 0.3) is 0 Å². The summed E-state index contributed by atoms with van der Waals surface area (Å²) in [6.07, 6.45) is 2.71. The van der Waals surface area contributed by atoms with Gasteiger partial charge in [-0.3, -0.25) is 14.3 Å². The van der Waals surface area contributed by atoms with Crippen molar-refractivity contribution >= 4 is 29.0 Å². The van der Waals surface area contributed by atoms with Gasteiger partial charge in [-0.25, -0.2) is 0 Å². The second kappa shape index (κ2) is 5.69. The molecule has 0 unspecified atom stereocenters. The number of rotatable bonds is 3. The van der Waals surface area contributed by atoms with E-state index in [-0.39, 0.29) is 17.9 Å². The number of likely N-dealkylation sites (tertiary alicyclic amines) is 1. The van der Waals surface area contributed by atoms with E-state index in [0.717, 1.165) is 18.5 Å². The summed E-state index contributed by atoms with van der Waals surface area (Å²) < 4.78 is 1.83. The minimum atomic E-state index is -0.138. The molecule has 7 heteroatoms. The van der Waals surface area contributed by atoms with Crippen LogP contribution in [0.5, 0.6) is 0 Å². The topological polar surface area (TPSA) is 67.2 Å². The highest BCUT2D eigenvalue weighted by molar-refractivity contribution is 7.08. The van der Waals surface area contributed by atoms with Crippen LogP contribution in [0.4, 0.5) is 5.82 Å². The van der Waals surface area contributed by atoms with E-state index in [1.165, 1.54) is 18.3 Å². The van der Waals surface area contributed by atoms with Crippen LogP contribution in [0, 0.1) is 0 Å². The van der Waals surface area contributed by atoms with Crippen LogP contribution in [-0.4, -0.2) is 39.6 Å². The van der Waals surface area contributed by atoms with Gasteiger partial charge in [0, 0.05) is 37.7 Å². The molecule has 1 N–H and O–H groups in total. The maximum absolute atomic E-state index is 12.3. The molecule has 3 rings (SSSR count). The second-order valence-electron chi connectivity index (χ2n) is 5.07. The zero-order chi connectivity index (χ0) is 14.8. The fourth-order valence-corrected chi connectivity index (χ4v) is 3.13. The van der Waals surface area contributed by atoms with E-state index in [1.807, 2.05) is 32.6 Å². The lowest BCUT2D eigenvalue weighted by molar-refractivity contribution is -0.114. The Morgan fingerprint density at radius 2 is 2.29 bits per heavy atom. The molecule has 110 valence electrons. The lowest BCUT2D eigenvalue weighted by Crippen LogP contribution is -2.28. The van der Waals surface area contributed by atoms with Crippen molar-refractivity contribution in [3.8, 4) is 0 Å². The highest BCUT2D eigenvalue weighted by atomic mass is 32.1. The normalized spacial score (nSPS) is 18.0. The molecule has 1 fully saturated rings. The Morgan fingerprint density at radius 3 is 3.00 bits per heavy atom. The molecule has 1 aliphatic rings. The van der Waals surface area contributed by atoms with Crippen molar-refractivity contribution in [1.82, 2.24) is 14.7 Å². The Hall–Kier alpha value is -2.15. The fourth-order valence-electron chi connectivity index (χ4n) is 2.50. The minimum absolute atomic E-state index is 0.0768. The molecule has 21 heavy (non-hydrogen) atoms. The minimum Gasteiger partial charge on any atom is -0.336 e. The van der Waals surface area contributed by atoms with Crippen molar-refractivity contribution in [3.05, 3.63) is 34.7 Å². The lowest BCUT2D eigenvalue weighted by Gasteiger charge is -2.15. The number of carbonyl (C=O) groups is 2. The summed E-state index contributed by atoms with van der Waals surface area (Å²) in [5.74, 6) is 0.485. The van der Waals surface area contributed by atoms with Gasteiger partial charge >= 0.3 is 0 Å². The molecule has 1 saturated heterocycles. The van der Waals surface area contributed by atoms with Gasteiger partial charge < -0.3 is 10.2 Å². The van der Waals surface area contributed by atoms with E-state index < -0.39 is 0 Å². The van der Waals surface area contributed by atoms with E-state index in [4.69, 9.17) is 0 Å². The quantitative estimate of drug-likeness (QED) is 0.943. The Labute approximate surface area is 126 Å². The van der Waals surface area contributed by atoms with Crippen LogP contribution >= 0.6 is 11.3 Å². The standard InChI is InChI=1S/C14H16N4O2S/c1-10(19)15-13-3-6-18(16-13)12-2-5-17(8-12)14(20)11-4-7-21-9-11/h3-4,6-7,9,12H,2,5,8H2,1H3,(H,15,16,19)/t12-/m1/s1. The van der Waals surface area contributed by atoms with Crippen LogP contribution in [0.3, 0.4) is 0 Å². The van der Waals surface area contributed by atoms with Gasteiger partial charge in [-0.1, -0.05) is 0 Å². The van der Waals surface area contributed by atoms with E-state index in [2.05, 4.69) is 10.4 Å². The Kier molecular flexibility index (Phi) is 3.74. The van der Waals surface area contributed by atoms with Gasteiger partial charge in [0.2, 0.25) is 5.91 Å². The average Bonchev–Trinajstić information content (AvgIpc) is 3.18. The smallest absolute Gasteiger partial charge is 0.254 e. The maximum atomic E-state index is 12.3. The summed E-state index contributed by atoms with van der Waals surface area (Å²) in [5, 5.41) is 10.8. The van der Waals surface area contributed by atoms with E-state index in [0.29, 0.717) is 12.4 Å². The fraction of sp³-hybridized carbons (Fsp3) is 0.357. The van der Waals surface area contributed by atoms with E-state index in [9.17, 15) is 9.59 Å². The van der Waals surface area contributed by atoms with Gasteiger partial charge in [0.25, 0.3) is 5.91 Å². The molecule has 2 amide bonds. The summed E-state index contributed by atoms with van der Waals surface area (Å²) in [6, 6.07) is 3.78. The van der Waals surface area contributed by atoms with Crippen LogP contribution in [0.2, 0.25) is 0 Å². The number of aromatic nitrogens is 2. The zero-order valence-electron chi connectivity index (χ0n) is 11.7. The monoisotopic (exact) mass is 304 g/mol. The molecular formula is C14H16N4O2S. The number of thiophene rings is 1. The van der Waals surface area contributed by atoms with Gasteiger partial charge in [-0.15, -0.1) is 0 Å². The van der Waals surface area contributed by atoms with Crippen molar-refractivity contribution in [2.24, 2.45) is 0 Å². The Morgan fingerprint density at radius 1 is 1.43 bits per heavy atom. The first-order chi connectivity index (χ1) is 10.1. The first-order valence-electron chi connectivity index (χ1n) is 6.77. The first kappa shape index (κ1) is 13.8. The van der Waals surface area contributed by atoms with Gasteiger partial charge in [0.15, 0.2) is 5.82 Å². The highest BCUT2D eigenvalue weighted by Crippen LogP contribution is 2.24. The number of amides is 2. The molecule has 6 nitrogen and oxygen atoms in total. The molecule has 0 aromatic carbocycles. The Balaban J connectivity index is 1.65. The molecule has 2 aromatic rings. The number of hydrogen-bond donors (Lipinski definition) is 1. The molecule has 2 aromatic heterocycles. The molecule has 3 heterocycles. The van der Waals surface area contributed by atoms with Crippen molar-refractivity contribution in [3.63, 3.8) is 0 Å². The summed E-state index contributed by atoms with van der Waals surface area (Å²) in [7, 11) is 0. The number of nitrogens with one attached hydrogen (secondary N) is 1. The van der Waals surface area contributed by atoms with Crippen LogP contribution in [0.1, 0.15) is 29.7 Å². The van der Waals surface area contributed by atoms with Crippen LogP contribution in [-0.2, 0) is 4.79 Å². The summed E-state index contributed by atoms with van der Waals surface area (Å²) in [6.45, 7) is 2.83. The summed E-state index contributed by atoms with van der Waals surface area (Å²) in [5.41, 5.74) is 0.750. The maximum Gasteiger partial charge on any atom is 0.254 e. The predicted octanol–water partition coefficient (Wildman–Crippen LogP) is 1.99. The highest BCUT2D eigenvalue weighted by Gasteiger charge is 2.28. The summed E-state index contributed by atoms with van der Waals surface area (Å²) >= 11 is 1.53. The average molecular weight is 304 g/mol. The lowest BCUT2D eigenvalue weighted by atomic mass is 10.3. The van der Waals surface area contributed by atoms with Gasteiger partial charge in [0.05, 0.1) is 11.6 Å². The van der Waals surface area contributed by atoms with E-state index in [1.54, 1.807) is 6.07 Å². The molecule has 0 bridgehead atoms. The number of anilines is 1. The van der Waals surface area contributed by atoms with Crippen LogP contribution in [0.15, 0.2) is 29.1 Å². The van der Waals surface area contributed by atoms with Crippen molar-refractivity contribution < 1.29 is 9.59 Å². The third-order valence-electron chi connectivity index (χ3n) is 3.51. The molecule has 0 radical (unpaired) electrons. The third kappa shape index (κ3) is 2.97. The van der Waals surface area contributed by atoms with Crippen molar-refractivity contribution in [1.29, 1.82) is 0 Å². The third-order valence-corrected chi connectivity index (χ3v) is 4.19. The molecule has 0 aliphatic carbocycles. The first-order valence-corrected chi connectivity index (χ1v) is 7.72. The van der Waals surface area contributed by atoms with Gasteiger partial charge in [-0.05, 0) is 17.9 Å². The van der Waals surface area contributed by atoms with Crippen LogP contribution < -0.4 is 5.32 Å². The van der Waals surface area contributed by atoms with Crippen molar-refractivity contribution in [2.75, 3.05) is 18.4 Å². The number of hydrogen-bond acceptors (Lipinski definition) is 4. The largest absolute Gasteiger partial charge is 0.336 e.